The van der Waals surface area contributed by atoms with Gasteiger partial charge in [0.05, 0.1) is 17.3 Å². The van der Waals surface area contributed by atoms with Gasteiger partial charge in [-0.05, 0) is 30.3 Å². The summed E-state index contributed by atoms with van der Waals surface area (Å²) in [5.41, 5.74) is 4.40. The summed E-state index contributed by atoms with van der Waals surface area (Å²) >= 11 is 0. The average molecular weight is 254 g/mol. The second kappa shape index (κ2) is 4.94. The maximum absolute atomic E-state index is 13.3. The number of para-hydroxylation sites is 1. The van der Waals surface area contributed by atoms with Gasteiger partial charge >= 0.3 is 0 Å². The van der Waals surface area contributed by atoms with E-state index in [1.54, 1.807) is 12.1 Å². The molecule has 2 aromatic carbocycles. The van der Waals surface area contributed by atoms with E-state index < -0.39 is 0 Å². The second-order valence-electron chi connectivity index (χ2n) is 4.04. The van der Waals surface area contributed by atoms with Gasteiger partial charge in [-0.2, -0.15) is 5.10 Å². The summed E-state index contributed by atoms with van der Waals surface area (Å²) in [6.07, 6.45) is 1.53. The molecule has 0 amide bonds. The molecular formula is C15H11FN2O. The van der Waals surface area contributed by atoms with Crippen LogP contribution >= 0.6 is 0 Å². The van der Waals surface area contributed by atoms with Crippen LogP contribution in [0.5, 0.6) is 0 Å². The third-order valence-electron chi connectivity index (χ3n) is 2.72. The molecule has 1 N–H and O–H groups in total. The number of halogens is 1. The molecule has 1 heterocycles. The summed E-state index contributed by atoms with van der Waals surface area (Å²) < 4.78 is 18.6. The van der Waals surface area contributed by atoms with Crippen LogP contribution in [-0.4, -0.2) is 0 Å². The predicted molar refractivity (Wildman–Crippen MR) is 71.8 cm³/mol. The molecule has 0 saturated carbocycles. The molecule has 19 heavy (non-hydrogen) atoms. The summed E-state index contributed by atoms with van der Waals surface area (Å²) in [6.45, 7) is 0. The molecular weight excluding hydrogens is 243 g/mol. The molecule has 3 aromatic rings. The lowest BCUT2D eigenvalue weighted by molar-refractivity contribution is 0.595. The smallest absolute Gasteiger partial charge is 0.136 e. The number of anilines is 1. The van der Waals surface area contributed by atoms with Crippen molar-refractivity contribution >= 4 is 16.7 Å². The van der Waals surface area contributed by atoms with Crippen LogP contribution in [0.3, 0.4) is 0 Å². The van der Waals surface area contributed by atoms with Gasteiger partial charge in [0, 0.05) is 11.5 Å². The van der Waals surface area contributed by atoms with E-state index in [1.807, 2.05) is 30.3 Å². The van der Waals surface area contributed by atoms with E-state index in [4.69, 9.17) is 4.42 Å². The Hall–Kier alpha value is -2.62. The van der Waals surface area contributed by atoms with Gasteiger partial charge in [-0.3, -0.25) is 5.43 Å². The van der Waals surface area contributed by atoms with Crippen molar-refractivity contribution in [1.82, 2.24) is 0 Å². The molecule has 3 nitrogen and oxygen atoms in total. The number of hydrogen-bond acceptors (Lipinski definition) is 3. The molecule has 3 rings (SSSR count). The highest BCUT2D eigenvalue weighted by Crippen LogP contribution is 2.11. The van der Waals surface area contributed by atoms with E-state index >= 15 is 0 Å². The Labute approximate surface area is 109 Å². The minimum Gasteiger partial charge on any atom is -0.464 e. The SMILES string of the molecule is Fc1ccc2occc(=NNc3ccccc3)c2c1. The summed E-state index contributed by atoms with van der Waals surface area (Å²) in [5.74, 6) is -0.315. The molecule has 0 aliphatic carbocycles. The first-order valence-corrected chi connectivity index (χ1v) is 5.85. The molecule has 0 aliphatic heterocycles. The minimum atomic E-state index is -0.315. The normalized spacial score (nSPS) is 11.7. The van der Waals surface area contributed by atoms with Gasteiger partial charge in [-0.15, -0.1) is 0 Å². The third-order valence-corrected chi connectivity index (χ3v) is 2.72. The Balaban J connectivity index is 2.07. The lowest BCUT2D eigenvalue weighted by Gasteiger charge is -2.00. The van der Waals surface area contributed by atoms with E-state index in [0.717, 1.165) is 5.69 Å². The summed E-state index contributed by atoms with van der Waals surface area (Å²) in [4.78, 5) is 0. The van der Waals surface area contributed by atoms with E-state index in [0.29, 0.717) is 16.3 Å². The number of fused-ring (bicyclic) bond motifs is 1. The zero-order valence-corrected chi connectivity index (χ0v) is 10.0. The molecule has 0 fully saturated rings. The van der Waals surface area contributed by atoms with Crippen molar-refractivity contribution in [1.29, 1.82) is 0 Å². The highest BCUT2D eigenvalue weighted by atomic mass is 19.1. The van der Waals surface area contributed by atoms with Crippen LogP contribution in [0.1, 0.15) is 0 Å². The molecule has 0 bridgehead atoms. The maximum Gasteiger partial charge on any atom is 0.136 e. The van der Waals surface area contributed by atoms with E-state index in [-0.39, 0.29) is 5.82 Å². The molecule has 0 spiro atoms. The van der Waals surface area contributed by atoms with Crippen LogP contribution < -0.4 is 10.8 Å². The number of benzene rings is 2. The van der Waals surface area contributed by atoms with Crippen LogP contribution in [0, 0.1) is 5.82 Å². The lowest BCUT2D eigenvalue weighted by Crippen LogP contribution is -2.06. The molecule has 4 heteroatoms. The molecule has 0 unspecified atom stereocenters. The van der Waals surface area contributed by atoms with Crippen molar-refractivity contribution in [2.45, 2.75) is 0 Å². The van der Waals surface area contributed by atoms with E-state index in [1.165, 1.54) is 18.4 Å². The molecule has 0 aliphatic rings. The summed E-state index contributed by atoms with van der Waals surface area (Å²) in [6, 6.07) is 15.6. The minimum absolute atomic E-state index is 0.315. The van der Waals surface area contributed by atoms with Crippen molar-refractivity contribution < 1.29 is 8.81 Å². The zero-order chi connectivity index (χ0) is 13.1. The fourth-order valence-corrected chi connectivity index (χ4v) is 1.80. The first-order chi connectivity index (χ1) is 9.33. The van der Waals surface area contributed by atoms with Gasteiger partial charge in [-0.1, -0.05) is 18.2 Å². The zero-order valence-electron chi connectivity index (χ0n) is 10.0. The summed E-state index contributed by atoms with van der Waals surface area (Å²) in [7, 11) is 0. The largest absolute Gasteiger partial charge is 0.464 e. The molecule has 0 atom stereocenters. The highest BCUT2D eigenvalue weighted by Gasteiger charge is 2.00. The van der Waals surface area contributed by atoms with Crippen molar-refractivity contribution in [3.63, 3.8) is 0 Å². The molecule has 0 saturated heterocycles. The van der Waals surface area contributed by atoms with Gasteiger partial charge in [0.1, 0.15) is 11.4 Å². The molecule has 94 valence electrons. The van der Waals surface area contributed by atoms with E-state index in [2.05, 4.69) is 10.5 Å². The Morgan fingerprint density at radius 1 is 1.00 bits per heavy atom. The van der Waals surface area contributed by atoms with Crippen molar-refractivity contribution in [3.8, 4) is 0 Å². The first-order valence-electron chi connectivity index (χ1n) is 5.85. The predicted octanol–water partition coefficient (Wildman–Crippen LogP) is 3.50. The maximum atomic E-state index is 13.3. The van der Waals surface area contributed by atoms with Crippen molar-refractivity contribution in [3.05, 3.63) is 72.0 Å². The van der Waals surface area contributed by atoms with Crippen LogP contribution in [0.15, 0.2) is 70.4 Å². The monoisotopic (exact) mass is 254 g/mol. The number of hydrogen-bond donors (Lipinski definition) is 1. The topological polar surface area (TPSA) is 37.5 Å². The van der Waals surface area contributed by atoms with Crippen molar-refractivity contribution in [2.75, 3.05) is 5.43 Å². The van der Waals surface area contributed by atoms with Gasteiger partial charge in [0.2, 0.25) is 0 Å². The van der Waals surface area contributed by atoms with Crippen LogP contribution in [0.25, 0.3) is 11.0 Å². The lowest BCUT2D eigenvalue weighted by atomic mass is 10.2. The van der Waals surface area contributed by atoms with Gasteiger partial charge in [0.25, 0.3) is 0 Å². The average Bonchev–Trinajstić information content (AvgIpc) is 2.46. The fourth-order valence-electron chi connectivity index (χ4n) is 1.80. The van der Waals surface area contributed by atoms with Crippen LogP contribution in [-0.2, 0) is 0 Å². The number of nitrogens with one attached hydrogen (secondary N) is 1. The summed E-state index contributed by atoms with van der Waals surface area (Å²) in [5, 5.41) is 5.53. The van der Waals surface area contributed by atoms with Crippen LogP contribution in [0.2, 0.25) is 0 Å². The van der Waals surface area contributed by atoms with Crippen LogP contribution in [0.4, 0.5) is 10.1 Å². The van der Waals surface area contributed by atoms with E-state index in [9.17, 15) is 4.39 Å². The molecule has 0 radical (unpaired) electrons. The number of nitrogens with zero attached hydrogens (tertiary/aromatic N) is 1. The Kier molecular flexibility index (Phi) is 2.98. The third kappa shape index (κ3) is 2.47. The first kappa shape index (κ1) is 11.5. The second-order valence-corrected chi connectivity index (χ2v) is 4.04. The van der Waals surface area contributed by atoms with Gasteiger partial charge < -0.3 is 4.42 Å². The van der Waals surface area contributed by atoms with Crippen molar-refractivity contribution in [2.24, 2.45) is 5.10 Å². The standard InChI is InChI=1S/C15H11FN2O/c16-11-6-7-15-13(10-11)14(8-9-19-15)18-17-12-4-2-1-3-5-12/h1-10,17H. The van der Waals surface area contributed by atoms with Gasteiger partial charge in [0.15, 0.2) is 0 Å². The highest BCUT2D eigenvalue weighted by molar-refractivity contribution is 5.75. The Morgan fingerprint density at radius 2 is 1.84 bits per heavy atom. The number of rotatable bonds is 2. The van der Waals surface area contributed by atoms with Gasteiger partial charge in [-0.25, -0.2) is 4.39 Å². The Bertz CT molecular complexity index is 766. The quantitative estimate of drug-likeness (QED) is 0.711. The Morgan fingerprint density at radius 3 is 2.68 bits per heavy atom. The fraction of sp³-hybridized carbons (Fsp3) is 0. The molecule has 1 aromatic heterocycles.